The number of hydrogen-bond donors (Lipinski definition) is 1. The number of carbonyl (C=O) groups is 1. The third kappa shape index (κ3) is 3.57. The molecule has 2 atom stereocenters. The number of ether oxygens (including phenoxy) is 1. The molecule has 2 unspecified atom stereocenters. The van der Waals surface area contributed by atoms with E-state index in [-0.39, 0.29) is 18.1 Å². The Bertz CT molecular complexity index is 238. The molecule has 0 aromatic carbocycles. The summed E-state index contributed by atoms with van der Waals surface area (Å²) in [5.41, 5.74) is 0. The maximum atomic E-state index is 11.5. The summed E-state index contributed by atoms with van der Waals surface area (Å²) in [4.78, 5) is 11.5. The minimum atomic E-state index is 0.0312. The second kappa shape index (κ2) is 5.79. The Morgan fingerprint density at radius 2 is 2.20 bits per heavy atom. The van der Waals surface area contributed by atoms with Gasteiger partial charge in [-0.2, -0.15) is 0 Å². The third-order valence-corrected chi connectivity index (χ3v) is 2.73. The number of rotatable bonds is 6. The van der Waals surface area contributed by atoms with E-state index in [1.165, 1.54) is 12.8 Å². The van der Waals surface area contributed by atoms with Gasteiger partial charge in [-0.1, -0.05) is 32.8 Å². The first kappa shape index (κ1) is 12.1. The number of carbonyl (C=O) groups excluding carboxylic acids is 1. The van der Waals surface area contributed by atoms with Crippen molar-refractivity contribution < 1.29 is 9.53 Å². The van der Waals surface area contributed by atoms with E-state index in [4.69, 9.17) is 4.74 Å². The number of nitrogens with one attached hydrogen (secondary N) is 1. The van der Waals surface area contributed by atoms with Gasteiger partial charge in [-0.15, -0.1) is 0 Å². The molecule has 0 aromatic heterocycles. The lowest BCUT2D eigenvalue weighted by molar-refractivity contribution is -0.125. The average Bonchev–Trinajstić information content (AvgIpc) is 2.21. The average molecular weight is 211 g/mol. The van der Waals surface area contributed by atoms with Crippen LogP contribution in [0.3, 0.4) is 0 Å². The van der Waals surface area contributed by atoms with E-state index in [9.17, 15) is 4.79 Å². The zero-order valence-electron chi connectivity index (χ0n) is 9.71. The Labute approximate surface area is 91.9 Å². The summed E-state index contributed by atoms with van der Waals surface area (Å²) < 4.78 is 5.19. The van der Waals surface area contributed by atoms with Gasteiger partial charge in [-0.05, 0) is 13.3 Å². The zero-order valence-corrected chi connectivity index (χ0v) is 9.71. The van der Waals surface area contributed by atoms with Crippen LogP contribution < -0.4 is 5.32 Å². The van der Waals surface area contributed by atoms with Gasteiger partial charge in [0.2, 0.25) is 5.91 Å². The van der Waals surface area contributed by atoms with E-state index >= 15 is 0 Å². The van der Waals surface area contributed by atoms with Crippen LogP contribution in [-0.2, 0) is 9.53 Å². The lowest BCUT2D eigenvalue weighted by Gasteiger charge is -2.37. The Kier molecular flexibility index (Phi) is 4.66. The number of hydrogen-bond acceptors (Lipinski definition) is 2. The molecule has 86 valence electrons. The molecular weight excluding hydrogens is 190 g/mol. The summed E-state index contributed by atoms with van der Waals surface area (Å²) in [6.45, 7) is 7.82. The predicted octanol–water partition coefficient (Wildman–Crippen LogP) is 2.37. The second-order valence-electron chi connectivity index (χ2n) is 4.15. The molecule has 0 saturated carbocycles. The first-order valence-electron chi connectivity index (χ1n) is 5.80. The van der Waals surface area contributed by atoms with Crippen molar-refractivity contribution in [3.8, 4) is 0 Å². The van der Waals surface area contributed by atoms with Crippen LogP contribution >= 0.6 is 0 Å². The molecule has 0 aromatic rings. The van der Waals surface area contributed by atoms with Gasteiger partial charge in [-0.25, -0.2) is 0 Å². The summed E-state index contributed by atoms with van der Waals surface area (Å²) >= 11 is 0. The second-order valence-corrected chi connectivity index (χ2v) is 4.15. The highest BCUT2D eigenvalue weighted by Crippen LogP contribution is 2.23. The van der Waals surface area contributed by atoms with Crippen LogP contribution in [-0.4, -0.2) is 18.1 Å². The van der Waals surface area contributed by atoms with Crippen LogP contribution in [0.25, 0.3) is 0 Å². The monoisotopic (exact) mass is 211 g/mol. The van der Waals surface area contributed by atoms with Gasteiger partial charge in [0.05, 0.1) is 0 Å². The molecule has 1 heterocycles. The minimum Gasteiger partial charge on any atom is -0.491 e. The maximum Gasteiger partial charge on any atom is 0.220 e. The van der Waals surface area contributed by atoms with Crippen LogP contribution in [0, 0.1) is 0 Å². The van der Waals surface area contributed by atoms with Gasteiger partial charge in [0.25, 0.3) is 0 Å². The molecule has 0 aliphatic carbocycles. The van der Waals surface area contributed by atoms with Gasteiger partial charge in [0.15, 0.2) is 0 Å². The lowest BCUT2D eigenvalue weighted by Crippen LogP contribution is -2.52. The summed E-state index contributed by atoms with van der Waals surface area (Å²) in [5.74, 6) is 0.803. The normalized spacial score (nSPS) is 24.3. The highest BCUT2D eigenvalue weighted by Gasteiger charge is 2.34. The van der Waals surface area contributed by atoms with E-state index in [2.05, 4.69) is 18.8 Å². The van der Waals surface area contributed by atoms with E-state index < -0.39 is 0 Å². The molecule has 3 nitrogen and oxygen atoms in total. The topological polar surface area (TPSA) is 38.3 Å². The zero-order chi connectivity index (χ0) is 11.3. The van der Waals surface area contributed by atoms with Crippen LogP contribution in [0.5, 0.6) is 0 Å². The first-order chi connectivity index (χ1) is 7.15. The minimum absolute atomic E-state index is 0.0312. The van der Waals surface area contributed by atoms with E-state index in [0.29, 0.717) is 12.2 Å². The molecule has 1 N–H and O–H groups in total. The molecule has 0 bridgehead atoms. The van der Waals surface area contributed by atoms with Gasteiger partial charge >= 0.3 is 0 Å². The molecule has 1 amide bonds. The highest BCUT2D eigenvalue weighted by molar-refractivity contribution is 5.76. The molecule has 1 aliphatic heterocycles. The summed E-state index contributed by atoms with van der Waals surface area (Å²) in [6, 6.07) is 0.0312. The molecule has 0 radical (unpaired) electrons. The fourth-order valence-corrected chi connectivity index (χ4v) is 1.73. The van der Waals surface area contributed by atoms with Crippen LogP contribution in [0.2, 0.25) is 0 Å². The maximum absolute atomic E-state index is 11.5. The van der Waals surface area contributed by atoms with Crippen molar-refractivity contribution in [3.63, 3.8) is 0 Å². The van der Waals surface area contributed by atoms with Crippen molar-refractivity contribution >= 4 is 5.91 Å². The van der Waals surface area contributed by atoms with Gasteiger partial charge in [0.1, 0.15) is 17.9 Å². The lowest BCUT2D eigenvalue weighted by atomic mass is 10.0. The number of amides is 1. The fraction of sp³-hybridized carbons (Fsp3) is 0.750. The summed E-state index contributed by atoms with van der Waals surface area (Å²) in [5, 5.41) is 2.93. The van der Waals surface area contributed by atoms with Crippen molar-refractivity contribution in [1.29, 1.82) is 0 Å². The Morgan fingerprint density at radius 1 is 1.47 bits per heavy atom. The Morgan fingerprint density at radius 3 is 2.73 bits per heavy atom. The first-order valence-corrected chi connectivity index (χ1v) is 5.80. The van der Waals surface area contributed by atoms with Gasteiger partial charge in [-0.3, -0.25) is 4.79 Å². The molecule has 0 spiro atoms. The van der Waals surface area contributed by atoms with Crippen molar-refractivity contribution in [2.75, 3.05) is 0 Å². The van der Waals surface area contributed by atoms with E-state index in [1.54, 1.807) is 0 Å². The SMILES string of the molecule is C=C1OC(C)C1NC(=O)CCCCCC. The highest BCUT2D eigenvalue weighted by atomic mass is 16.5. The molecule has 15 heavy (non-hydrogen) atoms. The summed E-state index contributed by atoms with van der Waals surface area (Å²) in [7, 11) is 0. The fourth-order valence-electron chi connectivity index (χ4n) is 1.73. The molecule has 1 fully saturated rings. The van der Waals surface area contributed by atoms with Crippen LogP contribution in [0.1, 0.15) is 46.0 Å². The van der Waals surface area contributed by atoms with Gasteiger partial charge < -0.3 is 10.1 Å². The van der Waals surface area contributed by atoms with Gasteiger partial charge in [0, 0.05) is 6.42 Å². The van der Waals surface area contributed by atoms with Crippen LogP contribution in [0.15, 0.2) is 12.3 Å². The van der Waals surface area contributed by atoms with E-state index in [1.807, 2.05) is 6.92 Å². The predicted molar refractivity (Wildman–Crippen MR) is 60.4 cm³/mol. The standard InChI is InChI=1S/C12H21NO2/c1-4-5-6-7-8-11(14)13-12-9(2)15-10(12)3/h10,12H,2,4-8H2,1,3H3,(H,13,14). The van der Waals surface area contributed by atoms with E-state index in [0.717, 1.165) is 12.8 Å². The van der Waals surface area contributed by atoms with Crippen molar-refractivity contribution in [1.82, 2.24) is 5.32 Å². The molecule has 1 rings (SSSR count). The quantitative estimate of drug-likeness (QED) is 0.685. The van der Waals surface area contributed by atoms with Crippen molar-refractivity contribution in [2.24, 2.45) is 0 Å². The van der Waals surface area contributed by atoms with Crippen LogP contribution in [0.4, 0.5) is 0 Å². The molecule has 1 aliphatic rings. The summed E-state index contributed by atoms with van der Waals surface area (Å²) in [6.07, 6.45) is 5.23. The van der Waals surface area contributed by atoms with Crippen molar-refractivity contribution in [3.05, 3.63) is 12.3 Å². The Hall–Kier alpha value is -0.990. The number of unbranched alkanes of at least 4 members (excludes halogenated alkanes) is 3. The molecule has 3 heteroatoms. The third-order valence-electron chi connectivity index (χ3n) is 2.73. The molecule has 1 saturated heterocycles. The largest absolute Gasteiger partial charge is 0.491 e. The molecular formula is C12H21NO2. The smallest absolute Gasteiger partial charge is 0.220 e. The Balaban J connectivity index is 2.10. The van der Waals surface area contributed by atoms with Crippen molar-refractivity contribution in [2.45, 2.75) is 58.1 Å².